The molecule has 0 spiro atoms. The first-order valence-electron chi connectivity index (χ1n) is 5.84. The lowest BCUT2D eigenvalue weighted by Gasteiger charge is -2.22. The van der Waals surface area contributed by atoms with Crippen molar-refractivity contribution in [1.29, 1.82) is 0 Å². The third kappa shape index (κ3) is 2.88. The van der Waals surface area contributed by atoms with Crippen molar-refractivity contribution in [3.63, 3.8) is 0 Å². The maximum Gasteiger partial charge on any atom is 0.254 e. The van der Waals surface area contributed by atoms with Gasteiger partial charge in [0.1, 0.15) is 5.78 Å². The van der Waals surface area contributed by atoms with Crippen LogP contribution < -0.4 is 5.32 Å². The molecule has 0 aliphatic heterocycles. The molecule has 0 heterocycles. The van der Waals surface area contributed by atoms with Gasteiger partial charge < -0.3 is 5.32 Å². The number of Topliss-reactive ketones (excluding diaryl/α,β-unsaturated/α-hetero) is 1. The monoisotopic (exact) mass is 269 g/mol. The highest BCUT2D eigenvalue weighted by molar-refractivity contribution is 6.31. The molecule has 0 bridgehead atoms. The standard InChI is InChI=1S/C13H13ClFNO2/c14-11-3-1-2-10(12(11)15)13(18)16-8-4-6-9(17)7-5-8/h1-3,8H,4-7H2,(H,16,18). The van der Waals surface area contributed by atoms with Crippen molar-refractivity contribution in [3.05, 3.63) is 34.6 Å². The van der Waals surface area contributed by atoms with Crippen molar-refractivity contribution in [2.24, 2.45) is 0 Å². The van der Waals surface area contributed by atoms with Crippen molar-refractivity contribution in [3.8, 4) is 0 Å². The van der Waals surface area contributed by atoms with Crippen LogP contribution in [0.4, 0.5) is 4.39 Å². The highest BCUT2D eigenvalue weighted by Gasteiger charge is 2.22. The number of hydrogen-bond acceptors (Lipinski definition) is 2. The number of carbonyl (C=O) groups is 2. The van der Waals surface area contributed by atoms with E-state index in [-0.39, 0.29) is 22.4 Å². The molecule has 0 atom stereocenters. The van der Waals surface area contributed by atoms with Crippen molar-refractivity contribution in [2.75, 3.05) is 0 Å². The summed E-state index contributed by atoms with van der Waals surface area (Å²) in [7, 11) is 0. The molecule has 1 saturated carbocycles. The molecule has 96 valence electrons. The second kappa shape index (κ2) is 5.48. The van der Waals surface area contributed by atoms with Crippen LogP contribution in [0.5, 0.6) is 0 Å². The van der Waals surface area contributed by atoms with Crippen LogP contribution in [0.3, 0.4) is 0 Å². The van der Waals surface area contributed by atoms with E-state index in [1.807, 2.05) is 0 Å². The van der Waals surface area contributed by atoms with Gasteiger partial charge in [0.15, 0.2) is 5.82 Å². The molecule has 1 aromatic carbocycles. The Labute approximate surface area is 109 Å². The summed E-state index contributed by atoms with van der Waals surface area (Å²) in [6.45, 7) is 0. The molecule has 5 heteroatoms. The molecule has 1 amide bonds. The Hall–Kier alpha value is -1.42. The number of ketones is 1. The molecule has 2 rings (SSSR count). The SMILES string of the molecule is O=C1CCC(NC(=O)c2cccc(Cl)c2F)CC1. The fraction of sp³-hybridized carbons (Fsp3) is 0.385. The maximum absolute atomic E-state index is 13.6. The average Bonchev–Trinajstić information content (AvgIpc) is 2.35. The van der Waals surface area contributed by atoms with Gasteiger partial charge in [-0.15, -0.1) is 0 Å². The number of halogens is 2. The van der Waals surface area contributed by atoms with E-state index < -0.39 is 11.7 Å². The van der Waals surface area contributed by atoms with Crippen molar-refractivity contribution >= 4 is 23.3 Å². The van der Waals surface area contributed by atoms with E-state index >= 15 is 0 Å². The first kappa shape index (κ1) is 13.0. The summed E-state index contributed by atoms with van der Waals surface area (Å²) in [5.41, 5.74) is -0.0561. The first-order valence-corrected chi connectivity index (χ1v) is 6.22. The highest BCUT2D eigenvalue weighted by Crippen LogP contribution is 2.19. The van der Waals surface area contributed by atoms with Gasteiger partial charge in [-0.25, -0.2) is 4.39 Å². The van der Waals surface area contributed by atoms with Gasteiger partial charge in [-0.3, -0.25) is 9.59 Å². The van der Waals surface area contributed by atoms with Gasteiger partial charge in [-0.2, -0.15) is 0 Å². The fourth-order valence-electron chi connectivity index (χ4n) is 2.03. The number of amides is 1. The van der Waals surface area contributed by atoms with Crippen LogP contribution in [-0.2, 0) is 4.79 Å². The zero-order chi connectivity index (χ0) is 13.1. The van der Waals surface area contributed by atoms with E-state index in [0.29, 0.717) is 25.7 Å². The predicted octanol–water partition coefficient (Wildman–Crippen LogP) is 2.72. The summed E-state index contributed by atoms with van der Waals surface area (Å²) in [5, 5.41) is 2.67. The van der Waals surface area contributed by atoms with Gasteiger partial charge >= 0.3 is 0 Å². The molecule has 1 aliphatic rings. The molecule has 1 aliphatic carbocycles. The molecule has 1 N–H and O–H groups in total. The minimum Gasteiger partial charge on any atom is -0.349 e. The summed E-state index contributed by atoms with van der Waals surface area (Å²) in [4.78, 5) is 22.9. The molecular formula is C13H13ClFNO2. The largest absolute Gasteiger partial charge is 0.349 e. The Morgan fingerprint density at radius 3 is 2.67 bits per heavy atom. The van der Waals surface area contributed by atoms with Crippen molar-refractivity contribution in [2.45, 2.75) is 31.7 Å². The topological polar surface area (TPSA) is 46.2 Å². The Morgan fingerprint density at radius 1 is 1.33 bits per heavy atom. The predicted molar refractivity (Wildman–Crippen MR) is 66.1 cm³/mol. The van der Waals surface area contributed by atoms with Crippen LogP contribution in [0.1, 0.15) is 36.0 Å². The van der Waals surface area contributed by atoms with E-state index in [9.17, 15) is 14.0 Å². The van der Waals surface area contributed by atoms with E-state index in [0.717, 1.165) is 0 Å². The number of carbonyl (C=O) groups excluding carboxylic acids is 2. The highest BCUT2D eigenvalue weighted by atomic mass is 35.5. The number of benzene rings is 1. The van der Waals surface area contributed by atoms with E-state index in [1.165, 1.54) is 18.2 Å². The second-order valence-electron chi connectivity index (χ2n) is 4.39. The first-order chi connectivity index (χ1) is 8.58. The molecule has 1 fully saturated rings. The smallest absolute Gasteiger partial charge is 0.254 e. The Balaban J connectivity index is 2.03. The van der Waals surface area contributed by atoms with Gasteiger partial charge in [0.05, 0.1) is 10.6 Å². The van der Waals surface area contributed by atoms with Crippen LogP contribution >= 0.6 is 11.6 Å². The summed E-state index contributed by atoms with van der Waals surface area (Å²) >= 11 is 5.62. The summed E-state index contributed by atoms with van der Waals surface area (Å²) in [6.07, 6.45) is 2.19. The Kier molecular flexibility index (Phi) is 3.97. The number of rotatable bonds is 2. The van der Waals surface area contributed by atoms with E-state index in [1.54, 1.807) is 0 Å². The van der Waals surface area contributed by atoms with Gasteiger partial charge in [-0.1, -0.05) is 17.7 Å². The lowest BCUT2D eigenvalue weighted by atomic mass is 9.94. The molecular weight excluding hydrogens is 257 g/mol. The normalized spacial score (nSPS) is 16.7. The molecule has 0 unspecified atom stereocenters. The van der Waals surface area contributed by atoms with Gasteiger partial charge in [0, 0.05) is 18.9 Å². The van der Waals surface area contributed by atoms with E-state index in [2.05, 4.69) is 5.32 Å². The molecule has 0 aromatic heterocycles. The minimum atomic E-state index is -0.705. The molecule has 0 saturated heterocycles. The minimum absolute atomic E-state index is 0.0561. The third-order valence-electron chi connectivity index (χ3n) is 3.07. The maximum atomic E-state index is 13.6. The van der Waals surface area contributed by atoms with Gasteiger partial charge in [0.2, 0.25) is 0 Å². The lowest BCUT2D eigenvalue weighted by Crippen LogP contribution is -2.38. The Bertz CT molecular complexity index is 480. The summed E-state index contributed by atoms with van der Waals surface area (Å²) < 4.78 is 13.6. The number of nitrogens with one attached hydrogen (secondary N) is 1. The quantitative estimate of drug-likeness (QED) is 0.897. The summed E-state index contributed by atoms with van der Waals surface area (Å²) in [6, 6.07) is 4.26. The zero-order valence-electron chi connectivity index (χ0n) is 9.71. The molecule has 1 aromatic rings. The second-order valence-corrected chi connectivity index (χ2v) is 4.79. The number of hydrogen-bond donors (Lipinski definition) is 1. The van der Waals surface area contributed by atoms with Crippen molar-refractivity contribution < 1.29 is 14.0 Å². The van der Waals surface area contributed by atoms with Crippen molar-refractivity contribution in [1.82, 2.24) is 5.32 Å². The molecule has 0 radical (unpaired) electrons. The van der Waals surface area contributed by atoms with Gasteiger partial charge in [0.25, 0.3) is 5.91 Å². The average molecular weight is 270 g/mol. The lowest BCUT2D eigenvalue weighted by molar-refractivity contribution is -0.120. The Morgan fingerprint density at radius 2 is 2.00 bits per heavy atom. The van der Waals surface area contributed by atoms with Crippen LogP contribution in [-0.4, -0.2) is 17.7 Å². The molecule has 3 nitrogen and oxygen atoms in total. The third-order valence-corrected chi connectivity index (χ3v) is 3.37. The molecule has 18 heavy (non-hydrogen) atoms. The zero-order valence-corrected chi connectivity index (χ0v) is 10.5. The van der Waals surface area contributed by atoms with Crippen LogP contribution in [0, 0.1) is 5.82 Å². The van der Waals surface area contributed by atoms with Crippen LogP contribution in [0.25, 0.3) is 0 Å². The van der Waals surface area contributed by atoms with Crippen LogP contribution in [0.15, 0.2) is 18.2 Å². The van der Waals surface area contributed by atoms with Gasteiger partial charge in [-0.05, 0) is 25.0 Å². The summed E-state index contributed by atoms with van der Waals surface area (Å²) in [5.74, 6) is -0.965. The fourth-order valence-corrected chi connectivity index (χ4v) is 2.20. The van der Waals surface area contributed by atoms with Crippen LogP contribution in [0.2, 0.25) is 5.02 Å². The van der Waals surface area contributed by atoms with E-state index in [4.69, 9.17) is 11.6 Å².